The third-order valence-electron chi connectivity index (χ3n) is 4.05. The van der Waals surface area contributed by atoms with Gasteiger partial charge in [0.15, 0.2) is 0 Å². The zero-order chi connectivity index (χ0) is 14.1. The van der Waals surface area contributed by atoms with Crippen LogP contribution in [-0.4, -0.2) is 9.55 Å². The summed E-state index contributed by atoms with van der Waals surface area (Å²) < 4.78 is 2.33. The average Bonchev–Trinajstić information content (AvgIpc) is 2.97. The van der Waals surface area contributed by atoms with Gasteiger partial charge in [0.05, 0.1) is 5.69 Å². The van der Waals surface area contributed by atoms with Gasteiger partial charge < -0.3 is 9.88 Å². The van der Waals surface area contributed by atoms with Crippen LogP contribution in [0.25, 0.3) is 0 Å². The fourth-order valence-corrected chi connectivity index (χ4v) is 3.25. The minimum atomic E-state index is 0.615. The second kappa shape index (κ2) is 5.31. The van der Waals surface area contributed by atoms with Crippen molar-refractivity contribution in [1.82, 2.24) is 9.55 Å². The molecule has 1 aromatic carbocycles. The molecule has 20 heavy (non-hydrogen) atoms. The number of anilines is 2. The third-order valence-corrected chi connectivity index (χ3v) is 4.05. The molecule has 1 fully saturated rings. The van der Waals surface area contributed by atoms with Crippen LogP contribution >= 0.6 is 0 Å². The normalized spacial score (nSPS) is 15.8. The molecule has 3 nitrogen and oxygen atoms in total. The lowest BCUT2D eigenvalue weighted by Gasteiger charge is -2.16. The van der Waals surface area contributed by atoms with Crippen LogP contribution in [0.2, 0.25) is 0 Å². The highest BCUT2D eigenvalue weighted by atomic mass is 15.2. The SMILES string of the molecule is Cc1cc(C)cc(Nc2nc(C)cn2C2CCCC2)c1. The van der Waals surface area contributed by atoms with E-state index >= 15 is 0 Å². The molecular formula is C17H23N3. The van der Waals surface area contributed by atoms with Gasteiger partial charge in [-0.15, -0.1) is 0 Å². The summed E-state index contributed by atoms with van der Waals surface area (Å²) in [6.45, 7) is 6.33. The lowest BCUT2D eigenvalue weighted by molar-refractivity contribution is 0.524. The number of hydrogen-bond acceptors (Lipinski definition) is 2. The van der Waals surface area contributed by atoms with E-state index in [4.69, 9.17) is 0 Å². The first kappa shape index (κ1) is 13.2. The van der Waals surface area contributed by atoms with Crippen molar-refractivity contribution in [2.24, 2.45) is 0 Å². The zero-order valence-electron chi connectivity index (χ0n) is 12.6. The third kappa shape index (κ3) is 2.72. The monoisotopic (exact) mass is 269 g/mol. The Balaban J connectivity index is 1.89. The van der Waals surface area contributed by atoms with E-state index in [2.05, 4.69) is 60.0 Å². The summed E-state index contributed by atoms with van der Waals surface area (Å²) in [5.41, 5.74) is 4.78. The highest BCUT2D eigenvalue weighted by Gasteiger charge is 2.20. The molecule has 1 N–H and O–H groups in total. The van der Waals surface area contributed by atoms with Gasteiger partial charge in [0, 0.05) is 17.9 Å². The average molecular weight is 269 g/mol. The molecule has 0 radical (unpaired) electrons. The fourth-order valence-electron chi connectivity index (χ4n) is 3.25. The van der Waals surface area contributed by atoms with Crippen LogP contribution in [0.5, 0.6) is 0 Å². The zero-order valence-corrected chi connectivity index (χ0v) is 12.6. The lowest BCUT2D eigenvalue weighted by Crippen LogP contribution is -2.08. The quantitative estimate of drug-likeness (QED) is 0.877. The first-order chi connectivity index (χ1) is 9.61. The molecule has 0 spiro atoms. The minimum Gasteiger partial charge on any atom is -0.326 e. The van der Waals surface area contributed by atoms with Crippen LogP contribution in [-0.2, 0) is 0 Å². The van der Waals surface area contributed by atoms with Gasteiger partial charge in [0.25, 0.3) is 0 Å². The molecule has 106 valence electrons. The number of nitrogens with one attached hydrogen (secondary N) is 1. The van der Waals surface area contributed by atoms with Crippen LogP contribution in [0.15, 0.2) is 24.4 Å². The van der Waals surface area contributed by atoms with E-state index in [1.165, 1.54) is 36.8 Å². The second-order valence-corrected chi connectivity index (χ2v) is 6.05. The molecule has 2 aromatic rings. The Morgan fingerprint density at radius 1 is 1.05 bits per heavy atom. The van der Waals surface area contributed by atoms with Gasteiger partial charge >= 0.3 is 0 Å². The Morgan fingerprint density at radius 3 is 2.35 bits per heavy atom. The van der Waals surface area contributed by atoms with Gasteiger partial charge in [-0.2, -0.15) is 0 Å². The molecule has 1 aliphatic rings. The maximum absolute atomic E-state index is 4.66. The highest BCUT2D eigenvalue weighted by molar-refractivity contribution is 5.56. The molecule has 0 bridgehead atoms. The van der Waals surface area contributed by atoms with E-state index < -0.39 is 0 Å². The van der Waals surface area contributed by atoms with Crippen molar-refractivity contribution in [3.05, 3.63) is 41.2 Å². The molecule has 1 heterocycles. The van der Waals surface area contributed by atoms with Gasteiger partial charge in [0.1, 0.15) is 0 Å². The molecule has 0 amide bonds. The number of imidazole rings is 1. The number of rotatable bonds is 3. The van der Waals surface area contributed by atoms with Crippen molar-refractivity contribution in [1.29, 1.82) is 0 Å². The Labute approximate surface area is 121 Å². The number of nitrogens with zero attached hydrogens (tertiary/aromatic N) is 2. The standard InChI is InChI=1S/C17H23N3/c1-12-8-13(2)10-15(9-12)19-17-18-14(3)11-20(17)16-6-4-5-7-16/h8-11,16H,4-7H2,1-3H3,(H,18,19). The van der Waals surface area contributed by atoms with Crippen molar-refractivity contribution >= 4 is 11.6 Å². The number of aryl methyl sites for hydroxylation is 3. The Morgan fingerprint density at radius 2 is 1.70 bits per heavy atom. The molecule has 0 saturated heterocycles. The molecule has 1 aliphatic carbocycles. The van der Waals surface area contributed by atoms with Gasteiger partial charge in [-0.3, -0.25) is 0 Å². The number of hydrogen-bond donors (Lipinski definition) is 1. The Bertz CT molecular complexity index is 586. The van der Waals surface area contributed by atoms with Crippen LogP contribution in [0, 0.1) is 20.8 Å². The molecule has 0 atom stereocenters. The molecule has 0 aliphatic heterocycles. The molecular weight excluding hydrogens is 246 g/mol. The molecule has 3 heteroatoms. The summed E-state index contributed by atoms with van der Waals surface area (Å²) in [6.07, 6.45) is 7.41. The summed E-state index contributed by atoms with van der Waals surface area (Å²) in [4.78, 5) is 4.66. The van der Waals surface area contributed by atoms with E-state index in [9.17, 15) is 0 Å². The van der Waals surface area contributed by atoms with E-state index in [0.717, 1.165) is 17.3 Å². The van der Waals surface area contributed by atoms with E-state index in [1.54, 1.807) is 0 Å². The second-order valence-electron chi connectivity index (χ2n) is 6.05. The largest absolute Gasteiger partial charge is 0.326 e. The summed E-state index contributed by atoms with van der Waals surface area (Å²) >= 11 is 0. The highest BCUT2D eigenvalue weighted by Crippen LogP contribution is 2.33. The predicted octanol–water partition coefficient (Wildman–Crippen LogP) is 4.67. The summed E-state index contributed by atoms with van der Waals surface area (Å²) in [7, 11) is 0. The van der Waals surface area contributed by atoms with Crippen LogP contribution in [0.4, 0.5) is 11.6 Å². The fraction of sp³-hybridized carbons (Fsp3) is 0.471. The van der Waals surface area contributed by atoms with E-state index in [1.807, 2.05) is 0 Å². The molecule has 0 unspecified atom stereocenters. The van der Waals surface area contributed by atoms with Crippen LogP contribution in [0.3, 0.4) is 0 Å². The maximum atomic E-state index is 4.66. The minimum absolute atomic E-state index is 0.615. The van der Waals surface area contributed by atoms with Gasteiger partial charge in [-0.1, -0.05) is 18.9 Å². The Kier molecular flexibility index (Phi) is 3.51. The first-order valence-electron chi connectivity index (χ1n) is 7.52. The summed E-state index contributed by atoms with van der Waals surface area (Å²) in [6, 6.07) is 7.16. The molecule has 3 rings (SSSR count). The smallest absolute Gasteiger partial charge is 0.207 e. The number of benzene rings is 1. The van der Waals surface area contributed by atoms with Crippen molar-refractivity contribution < 1.29 is 0 Å². The lowest BCUT2D eigenvalue weighted by atomic mass is 10.1. The maximum Gasteiger partial charge on any atom is 0.207 e. The van der Waals surface area contributed by atoms with Gasteiger partial charge in [-0.05, 0) is 56.9 Å². The molecule has 1 aromatic heterocycles. The van der Waals surface area contributed by atoms with Gasteiger partial charge in [0.2, 0.25) is 5.95 Å². The van der Waals surface area contributed by atoms with E-state index in [0.29, 0.717) is 6.04 Å². The van der Waals surface area contributed by atoms with Crippen molar-refractivity contribution in [2.45, 2.75) is 52.5 Å². The van der Waals surface area contributed by atoms with Gasteiger partial charge in [-0.25, -0.2) is 4.98 Å². The Hall–Kier alpha value is -1.77. The molecule has 1 saturated carbocycles. The van der Waals surface area contributed by atoms with Crippen LogP contribution in [0.1, 0.15) is 48.5 Å². The number of aromatic nitrogens is 2. The first-order valence-corrected chi connectivity index (χ1v) is 7.52. The van der Waals surface area contributed by atoms with Crippen molar-refractivity contribution in [3.8, 4) is 0 Å². The topological polar surface area (TPSA) is 29.9 Å². The summed E-state index contributed by atoms with van der Waals surface area (Å²) in [5, 5.41) is 3.50. The van der Waals surface area contributed by atoms with E-state index in [-0.39, 0.29) is 0 Å². The summed E-state index contributed by atoms with van der Waals surface area (Å²) in [5.74, 6) is 0.986. The van der Waals surface area contributed by atoms with Crippen LogP contribution < -0.4 is 5.32 Å². The predicted molar refractivity (Wildman–Crippen MR) is 83.7 cm³/mol. The van der Waals surface area contributed by atoms with Crippen molar-refractivity contribution in [3.63, 3.8) is 0 Å². The van der Waals surface area contributed by atoms with Crippen molar-refractivity contribution in [2.75, 3.05) is 5.32 Å².